The summed E-state index contributed by atoms with van der Waals surface area (Å²) in [6.07, 6.45) is 2.50. The fraction of sp³-hybridized carbons (Fsp3) is 0.348. The molecule has 4 aromatic rings. The molecule has 0 atom stereocenters. The molecular weight excluding hydrogens is 452 g/mol. The van der Waals surface area contributed by atoms with Crippen LogP contribution in [0.25, 0.3) is 10.2 Å². The Kier molecular flexibility index (Phi) is 6.39. The molecule has 33 heavy (non-hydrogen) atoms. The number of aromatic nitrogens is 5. The second kappa shape index (κ2) is 9.58. The summed E-state index contributed by atoms with van der Waals surface area (Å²) in [6, 6.07) is 9.78. The molecular formula is C23H26N8S2. The van der Waals surface area contributed by atoms with E-state index in [4.69, 9.17) is 15.7 Å². The SMILES string of the molecule is Cc1sc2nc(CN3CCCC3)nc(SCc3nc(N)nc(Nc4ccccc4)n3)c2c1C. The molecule has 0 amide bonds. The number of thiophene rings is 1. The average Bonchev–Trinajstić information content (AvgIpc) is 3.40. The Bertz CT molecular complexity index is 1270. The van der Waals surface area contributed by atoms with E-state index in [-0.39, 0.29) is 5.95 Å². The fourth-order valence-corrected chi connectivity index (χ4v) is 5.98. The number of para-hydroxylation sites is 1. The van der Waals surface area contributed by atoms with Gasteiger partial charge in [0.05, 0.1) is 12.3 Å². The lowest BCUT2D eigenvalue weighted by atomic mass is 10.2. The molecule has 5 rings (SSSR count). The predicted molar refractivity (Wildman–Crippen MR) is 135 cm³/mol. The Balaban J connectivity index is 1.40. The monoisotopic (exact) mass is 478 g/mol. The third kappa shape index (κ3) is 5.07. The first kappa shape index (κ1) is 22.0. The standard InChI is InChI=1S/C23H26N8S2/c1-14-15(2)33-21-19(14)20(26-17(27-21)12-31-10-6-7-11-31)32-13-18-28-22(24)30-23(29-18)25-16-8-4-3-5-9-16/h3-5,8-9H,6-7,10-13H2,1-2H3,(H3,24,25,28,29,30). The van der Waals surface area contributed by atoms with Crippen LogP contribution in [-0.4, -0.2) is 42.9 Å². The molecule has 4 heterocycles. The third-order valence-electron chi connectivity index (χ3n) is 5.67. The number of rotatable bonds is 7. The van der Waals surface area contributed by atoms with E-state index >= 15 is 0 Å². The van der Waals surface area contributed by atoms with Gasteiger partial charge in [-0.3, -0.25) is 4.90 Å². The Hall–Kier alpha value is -2.82. The van der Waals surface area contributed by atoms with E-state index in [1.165, 1.54) is 23.3 Å². The number of fused-ring (bicyclic) bond motifs is 1. The van der Waals surface area contributed by atoms with Crippen LogP contribution in [-0.2, 0) is 12.3 Å². The molecule has 8 nitrogen and oxygen atoms in total. The summed E-state index contributed by atoms with van der Waals surface area (Å²) >= 11 is 3.37. The Morgan fingerprint density at radius 3 is 2.58 bits per heavy atom. The van der Waals surface area contributed by atoms with Crippen LogP contribution in [0.3, 0.4) is 0 Å². The lowest BCUT2D eigenvalue weighted by Crippen LogP contribution is -2.20. The van der Waals surface area contributed by atoms with Gasteiger partial charge in [-0.05, 0) is 57.5 Å². The van der Waals surface area contributed by atoms with Crippen molar-refractivity contribution in [1.82, 2.24) is 29.8 Å². The van der Waals surface area contributed by atoms with E-state index in [0.717, 1.165) is 46.4 Å². The van der Waals surface area contributed by atoms with E-state index in [0.29, 0.717) is 17.5 Å². The Morgan fingerprint density at radius 1 is 1.00 bits per heavy atom. The number of nitrogens with zero attached hydrogens (tertiary/aromatic N) is 6. The van der Waals surface area contributed by atoms with Gasteiger partial charge >= 0.3 is 0 Å². The molecule has 1 aliphatic heterocycles. The zero-order valence-electron chi connectivity index (χ0n) is 18.7. The number of thioether (sulfide) groups is 1. The van der Waals surface area contributed by atoms with Crippen LogP contribution in [0, 0.1) is 13.8 Å². The Morgan fingerprint density at radius 2 is 1.79 bits per heavy atom. The number of likely N-dealkylation sites (tertiary alicyclic amines) is 1. The molecule has 0 bridgehead atoms. The molecule has 0 aliphatic carbocycles. The minimum absolute atomic E-state index is 0.198. The number of benzene rings is 1. The molecule has 170 valence electrons. The van der Waals surface area contributed by atoms with E-state index in [9.17, 15) is 0 Å². The molecule has 1 aliphatic rings. The summed E-state index contributed by atoms with van der Waals surface area (Å²) in [5, 5.41) is 5.31. The molecule has 0 radical (unpaired) electrons. The number of nitrogens with one attached hydrogen (secondary N) is 1. The second-order valence-electron chi connectivity index (χ2n) is 8.10. The summed E-state index contributed by atoms with van der Waals surface area (Å²) in [6.45, 7) is 7.32. The van der Waals surface area contributed by atoms with Crippen molar-refractivity contribution in [2.45, 2.75) is 44.0 Å². The first-order valence-electron chi connectivity index (χ1n) is 11.0. The highest BCUT2D eigenvalue weighted by molar-refractivity contribution is 7.98. The van der Waals surface area contributed by atoms with Gasteiger partial charge in [-0.2, -0.15) is 15.0 Å². The zero-order chi connectivity index (χ0) is 22.8. The van der Waals surface area contributed by atoms with E-state index < -0.39 is 0 Å². The normalized spacial score (nSPS) is 14.2. The minimum Gasteiger partial charge on any atom is -0.368 e. The molecule has 1 fully saturated rings. The van der Waals surface area contributed by atoms with E-state index in [1.807, 2.05) is 30.3 Å². The predicted octanol–water partition coefficient (Wildman–Crippen LogP) is 4.71. The van der Waals surface area contributed by atoms with Gasteiger partial charge in [0, 0.05) is 16.0 Å². The van der Waals surface area contributed by atoms with Gasteiger partial charge in [-0.25, -0.2) is 9.97 Å². The molecule has 0 saturated carbocycles. The zero-order valence-corrected chi connectivity index (χ0v) is 20.3. The van der Waals surface area contributed by atoms with Crippen LogP contribution < -0.4 is 11.1 Å². The van der Waals surface area contributed by atoms with Gasteiger partial charge in [-0.15, -0.1) is 11.3 Å². The second-order valence-corrected chi connectivity index (χ2v) is 10.3. The number of nitrogens with two attached hydrogens (primary N) is 1. The van der Waals surface area contributed by atoms with Crippen LogP contribution in [0.15, 0.2) is 35.4 Å². The van der Waals surface area contributed by atoms with Crippen LogP contribution in [0.4, 0.5) is 17.6 Å². The van der Waals surface area contributed by atoms with E-state index in [2.05, 4.69) is 39.0 Å². The number of hydrogen-bond acceptors (Lipinski definition) is 10. The number of anilines is 3. The van der Waals surface area contributed by atoms with Crippen molar-refractivity contribution in [3.05, 3.63) is 52.4 Å². The average molecular weight is 479 g/mol. The third-order valence-corrected chi connectivity index (χ3v) is 7.74. The summed E-state index contributed by atoms with van der Waals surface area (Å²) < 4.78 is 0. The van der Waals surface area contributed by atoms with Crippen LogP contribution in [0.1, 0.15) is 34.9 Å². The van der Waals surface area contributed by atoms with E-state index in [1.54, 1.807) is 23.1 Å². The number of hydrogen-bond donors (Lipinski definition) is 2. The fourth-order valence-electron chi connectivity index (χ4n) is 3.91. The van der Waals surface area contributed by atoms with Crippen molar-refractivity contribution in [3.8, 4) is 0 Å². The van der Waals surface area contributed by atoms with Crippen molar-refractivity contribution in [2.75, 3.05) is 24.1 Å². The number of nitrogen functional groups attached to an aromatic ring is 1. The molecule has 10 heteroatoms. The maximum atomic E-state index is 5.97. The number of aryl methyl sites for hydroxylation is 2. The maximum absolute atomic E-state index is 5.97. The van der Waals surface area contributed by atoms with Crippen LogP contribution in [0.5, 0.6) is 0 Å². The van der Waals surface area contributed by atoms with Gasteiger partial charge in [0.25, 0.3) is 0 Å². The highest BCUT2D eigenvalue weighted by Crippen LogP contribution is 2.36. The van der Waals surface area contributed by atoms with Crippen LogP contribution >= 0.6 is 23.1 Å². The van der Waals surface area contributed by atoms with Crippen LogP contribution in [0.2, 0.25) is 0 Å². The quantitative estimate of drug-likeness (QED) is 0.288. The topological polar surface area (TPSA) is 106 Å². The lowest BCUT2D eigenvalue weighted by Gasteiger charge is -2.14. The lowest BCUT2D eigenvalue weighted by molar-refractivity contribution is 0.322. The summed E-state index contributed by atoms with van der Waals surface area (Å²) in [7, 11) is 0. The molecule has 0 spiro atoms. The highest BCUT2D eigenvalue weighted by Gasteiger charge is 2.19. The summed E-state index contributed by atoms with van der Waals surface area (Å²) in [5.74, 6) is 2.68. The van der Waals surface area contributed by atoms with Gasteiger partial charge < -0.3 is 11.1 Å². The van der Waals surface area contributed by atoms with Gasteiger partial charge in [0.1, 0.15) is 21.5 Å². The van der Waals surface area contributed by atoms with Crippen molar-refractivity contribution < 1.29 is 0 Å². The first-order valence-corrected chi connectivity index (χ1v) is 12.8. The van der Waals surface area contributed by atoms with Gasteiger partial charge in [0.15, 0.2) is 0 Å². The minimum atomic E-state index is 0.198. The first-order chi connectivity index (χ1) is 16.0. The van der Waals surface area contributed by atoms with Crippen molar-refractivity contribution in [2.24, 2.45) is 0 Å². The molecule has 3 N–H and O–H groups in total. The van der Waals surface area contributed by atoms with Crippen molar-refractivity contribution in [3.63, 3.8) is 0 Å². The smallest absolute Gasteiger partial charge is 0.232 e. The van der Waals surface area contributed by atoms with Gasteiger partial charge in [0.2, 0.25) is 11.9 Å². The maximum Gasteiger partial charge on any atom is 0.232 e. The molecule has 0 unspecified atom stereocenters. The Labute approximate surface area is 201 Å². The summed E-state index contributed by atoms with van der Waals surface area (Å²) in [4.78, 5) is 27.8. The molecule has 1 aromatic carbocycles. The molecule has 1 saturated heterocycles. The van der Waals surface area contributed by atoms with Crippen molar-refractivity contribution >= 4 is 50.9 Å². The largest absolute Gasteiger partial charge is 0.368 e. The highest BCUT2D eigenvalue weighted by atomic mass is 32.2. The molecule has 3 aromatic heterocycles. The van der Waals surface area contributed by atoms with Crippen molar-refractivity contribution in [1.29, 1.82) is 0 Å². The summed E-state index contributed by atoms with van der Waals surface area (Å²) in [5.41, 5.74) is 8.12. The van der Waals surface area contributed by atoms with Gasteiger partial charge in [-0.1, -0.05) is 30.0 Å².